The van der Waals surface area contributed by atoms with Crippen LogP contribution >= 0.6 is 0 Å². The van der Waals surface area contributed by atoms with Gasteiger partial charge in [0.2, 0.25) is 0 Å². The summed E-state index contributed by atoms with van der Waals surface area (Å²) in [7, 11) is 1.47. The van der Waals surface area contributed by atoms with E-state index in [0.717, 1.165) is 30.1 Å². The average molecular weight is 234 g/mol. The first kappa shape index (κ1) is 11.3. The number of methoxy groups -OCH3 is 1. The van der Waals surface area contributed by atoms with E-state index in [1.54, 1.807) is 5.57 Å². The van der Waals surface area contributed by atoms with Crippen molar-refractivity contribution in [1.82, 2.24) is 0 Å². The second-order valence-corrected chi connectivity index (χ2v) is 6.12. The van der Waals surface area contributed by atoms with Gasteiger partial charge in [0.15, 0.2) is 0 Å². The third-order valence-corrected chi connectivity index (χ3v) is 5.04. The molecule has 0 amide bonds. The van der Waals surface area contributed by atoms with Crippen LogP contribution in [0.1, 0.15) is 44.9 Å². The van der Waals surface area contributed by atoms with Crippen molar-refractivity contribution in [1.29, 1.82) is 0 Å². The maximum absolute atomic E-state index is 11.1. The Morgan fingerprint density at radius 2 is 1.76 bits per heavy atom. The molecule has 4 bridgehead atoms. The Morgan fingerprint density at radius 1 is 1.18 bits per heavy atom. The largest absolute Gasteiger partial charge is 0.469 e. The van der Waals surface area contributed by atoms with Crippen molar-refractivity contribution in [2.24, 2.45) is 23.7 Å². The molecule has 2 nitrogen and oxygen atoms in total. The molecule has 0 aromatic heterocycles. The van der Waals surface area contributed by atoms with Crippen molar-refractivity contribution in [2.45, 2.75) is 44.9 Å². The highest BCUT2D eigenvalue weighted by atomic mass is 16.5. The predicted molar refractivity (Wildman–Crippen MR) is 66.4 cm³/mol. The Labute approximate surface area is 103 Å². The lowest BCUT2D eigenvalue weighted by molar-refractivity contribution is -0.140. The lowest BCUT2D eigenvalue weighted by Gasteiger charge is -2.51. The van der Waals surface area contributed by atoms with E-state index in [2.05, 4.69) is 10.8 Å². The monoisotopic (exact) mass is 234 g/mol. The number of hydrogen-bond acceptors (Lipinski definition) is 2. The van der Waals surface area contributed by atoms with E-state index >= 15 is 0 Å². The van der Waals surface area contributed by atoms with Crippen molar-refractivity contribution < 1.29 is 9.53 Å². The highest BCUT2D eigenvalue weighted by Crippen LogP contribution is 2.56. The van der Waals surface area contributed by atoms with Gasteiger partial charge in [0.1, 0.15) is 0 Å². The number of carbonyl (C=O) groups is 1. The van der Waals surface area contributed by atoms with Crippen LogP contribution in [0.25, 0.3) is 0 Å². The third-order valence-electron chi connectivity index (χ3n) is 5.04. The molecule has 0 spiro atoms. The highest BCUT2D eigenvalue weighted by Gasteiger charge is 2.44. The molecule has 4 aliphatic carbocycles. The van der Waals surface area contributed by atoms with Crippen LogP contribution in [0.3, 0.4) is 0 Å². The van der Waals surface area contributed by atoms with Gasteiger partial charge in [-0.15, -0.1) is 0 Å². The zero-order chi connectivity index (χ0) is 11.8. The normalized spacial score (nSPS) is 38.3. The summed E-state index contributed by atoms with van der Waals surface area (Å²) < 4.78 is 4.69. The molecule has 0 unspecified atom stereocenters. The molecular weight excluding hydrogens is 212 g/mol. The Hall–Kier alpha value is -0.790. The zero-order valence-electron chi connectivity index (χ0n) is 10.7. The predicted octanol–water partition coefficient (Wildman–Crippen LogP) is 3.32. The third kappa shape index (κ3) is 2.14. The number of carbonyl (C=O) groups excluding carboxylic acids is 1. The van der Waals surface area contributed by atoms with Gasteiger partial charge in [0.25, 0.3) is 0 Å². The minimum atomic E-state index is -0.0781. The Kier molecular flexibility index (Phi) is 2.97. The van der Waals surface area contributed by atoms with E-state index in [4.69, 9.17) is 0 Å². The fraction of sp³-hybridized carbons (Fsp3) is 0.800. The van der Waals surface area contributed by atoms with Crippen LogP contribution in [0.5, 0.6) is 0 Å². The molecular formula is C15H22O2. The number of rotatable bonds is 3. The van der Waals surface area contributed by atoms with Gasteiger partial charge in [-0.2, -0.15) is 0 Å². The van der Waals surface area contributed by atoms with E-state index in [1.807, 2.05) is 0 Å². The molecule has 4 fully saturated rings. The van der Waals surface area contributed by atoms with E-state index in [9.17, 15) is 4.79 Å². The summed E-state index contributed by atoms with van der Waals surface area (Å²) in [5.74, 6) is 3.70. The van der Waals surface area contributed by atoms with E-state index in [-0.39, 0.29) is 5.97 Å². The molecule has 0 aromatic carbocycles. The molecule has 17 heavy (non-hydrogen) atoms. The van der Waals surface area contributed by atoms with Gasteiger partial charge in [0.05, 0.1) is 7.11 Å². The zero-order valence-corrected chi connectivity index (χ0v) is 10.7. The van der Waals surface area contributed by atoms with Gasteiger partial charge in [-0.25, -0.2) is 0 Å². The highest BCUT2D eigenvalue weighted by molar-refractivity contribution is 5.69. The molecule has 0 atom stereocenters. The SMILES string of the molecule is COC(=O)CCC=C1C2CC3CC(C2)CC1C3. The second kappa shape index (κ2) is 4.47. The molecule has 0 aromatic rings. The van der Waals surface area contributed by atoms with E-state index in [0.29, 0.717) is 6.42 Å². The minimum absolute atomic E-state index is 0.0781. The first-order chi connectivity index (χ1) is 8.26. The fourth-order valence-electron chi connectivity index (χ4n) is 4.52. The summed E-state index contributed by atoms with van der Waals surface area (Å²) in [5.41, 5.74) is 1.70. The van der Waals surface area contributed by atoms with E-state index in [1.165, 1.54) is 39.2 Å². The van der Waals surface area contributed by atoms with Gasteiger partial charge < -0.3 is 4.74 Å². The Bertz CT molecular complexity index is 313. The lowest BCUT2D eigenvalue weighted by atomic mass is 9.54. The molecule has 0 aliphatic heterocycles. The van der Waals surface area contributed by atoms with Crippen molar-refractivity contribution in [2.75, 3.05) is 7.11 Å². The maximum Gasteiger partial charge on any atom is 0.305 e. The second-order valence-electron chi connectivity index (χ2n) is 6.12. The van der Waals surface area contributed by atoms with Crippen molar-refractivity contribution in [3.63, 3.8) is 0 Å². The first-order valence-corrected chi connectivity index (χ1v) is 7.03. The maximum atomic E-state index is 11.1. The molecule has 94 valence electrons. The van der Waals surface area contributed by atoms with Crippen LogP contribution in [-0.2, 0) is 9.53 Å². The van der Waals surface area contributed by atoms with Crippen LogP contribution < -0.4 is 0 Å². The number of esters is 1. The van der Waals surface area contributed by atoms with Crippen LogP contribution in [0.15, 0.2) is 11.6 Å². The molecule has 0 radical (unpaired) electrons. The molecule has 4 aliphatic rings. The van der Waals surface area contributed by atoms with Crippen molar-refractivity contribution in [3.8, 4) is 0 Å². The average Bonchev–Trinajstić information content (AvgIpc) is 2.31. The molecule has 0 saturated heterocycles. The topological polar surface area (TPSA) is 26.3 Å². The van der Waals surface area contributed by atoms with E-state index < -0.39 is 0 Å². The van der Waals surface area contributed by atoms with Crippen molar-refractivity contribution >= 4 is 5.97 Å². The summed E-state index contributed by atoms with van der Waals surface area (Å²) in [6, 6.07) is 0. The van der Waals surface area contributed by atoms with Gasteiger partial charge in [-0.3, -0.25) is 4.79 Å². The van der Waals surface area contributed by atoms with Crippen LogP contribution in [0.4, 0.5) is 0 Å². The number of allylic oxidation sites excluding steroid dienone is 2. The summed E-state index contributed by atoms with van der Waals surface area (Å²) in [6.07, 6.45) is 11.0. The Balaban J connectivity index is 1.63. The van der Waals surface area contributed by atoms with Gasteiger partial charge in [-0.05, 0) is 62.2 Å². The molecule has 2 heteroatoms. The number of ether oxygens (including phenoxy) is 1. The standard InChI is InChI=1S/C15H22O2/c1-17-15(16)4-2-3-14-12-6-10-5-11(8-12)9-13(14)7-10/h3,10-13H,2,4-9H2,1H3. The van der Waals surface area contributed by atoms with Crippen LogP contribution in [-0.4, -0.2) is 13.1 Å². The Morgan fingerprint density at radius 3 is 2.29 bits per heavy atom. The summed E-state index contributed by atoms with van der Waals surface area (Å²) >= 11 is 0. The lowest BCUT2D eigenvalue weighted by Crippen LogP contribution is -2.40. The van der Waals surface area contributed by atoms with Crippen LogP contribution in [0, 0.1) is 23.7 Å². The molecule has 0 N–H and O–H groups in total. The first-order valence-electron chi connectivity index (χ1n) is 7.03. The van der Waals surface area contributed by atoms with Gasteiger partial charge >= 0.3 is 5.97 Å². The molecule has 0 heterocycles. The molecule has 4 saturated carbocycles. The van der Waals surface area contributed by atoms with Crippen molar-refractivity contribution in [3.05, 3.63) is 11.6 Å². The quantitative estimate of drug-likeness (QED) is 0.553. The number of hydrogen-bond donors (Lipinski definition) is 0. The summed E-state index contributed by atoms with van der Waals surface area (Å²) in [5, 5.41) is 0. The fourth-order valence-corrected chi connectivity index (χ4v) is 4.52. The summed E-state index contributed by atoms with van der Waals surface area (Å²) in [4.78, 5) is 11.1. The minimum Gasteiger partial charge on any atom is -0.469 e. The molecule has 4 rings (SSSR count). The van der Waals surface area contributed by atoms with Crippen LogP contribution in [0.2, 0.25) is 0 Å². The van der Waals surface area contributed by atoms with Gasteiger partial charge in [-0.1, -0.05) is 11.6 Å². The van der Waals surface area contributed by atoms with Gasteiger partial charge in [0, 0.05) is 6.42 Å². The smallest absolute Gasteiger partial charge is 0.305 e. The summed E-state index contributed by atoms with van der Waals surface area (Å²) in [6.45, 7) is 0.